The van der Waals surface area contributed by atoms with Gasteiger partial charge in [0.15, 0.2) is 11.6 Å². The molecule has 2 nitrogen and oxygen atoms in total. The molecule has 5 heteroatoms. The van der Waals surface area contributed by atoms with Gasteiger partial charge < -0.3 is 10.1 Å². The van der Waals surface area contributed by atoms with Crippen LogP contribution in [0.5, 0.6) is 5.75 Å². The molecular weight excluding hydrogens is 279 g/mol. The minimum Gasteiger partial charge on any atom is -0.491 e. The molecule has 0 saturated carbocycles. The number of benzene rings is 2. The molecule has 2 aromatic carbocycles. The number of anilines is 1. The molecular formula is C16H16F3NO. The molecule has 0 aliphatic rings. The summed E-state index contributed by atoms with van der Waals surface area (Å²) in [4.78, 5) is 0. The Balaban J connectivity index is 2.15. The lowest BCUT2D eigenvalue weighted by molar-refractivity contribution is 0.321. The van der Waals surface area contributed by atoms with Crippen molar-refractivity contribution in [1.29, 1.82) is 0 Å². The van der Waals surface area contributed by atoms with Crippen molar-refractivity contribution in [3.8, 4) is 5.75 Å². The lowest BCUT2D eigenvalue weighted by Crippen LogP contribution is -2.08. The fourth-order valence-corrected chi connectivity index (χ4v) is 2.02. The molecule has 0 spiro atoms. The van der Waals surface area contributed by atoms with Gasteiger partial charge in [-0.3, -0.25) is 0 Å². The first kappa shape index (κ1) is 15.2. The Hall–Kier alpha value is -2.17. The van der Waals surface area contributed by atoms with E-state index in [0.29, 0.717) is 17.9 Å². The fraction of sp³-hybridized carbons (Fsp3) is 0.250. The minimum atomic E-state index is -0.642. The summed E-state index contributed by atoms with van der Waals surface area (Å²) in [5.41, 5.74) is 0.954. The minimum absolute atomic E-state index is 0.174. The predicted octanol–water partition coefficient (Wildman–Crippen LogP) is 4.68. The molecule has 2 aromatic rings. The van der Waals surface area contributed by atoms with E-state index in [0.717, 1.165) is 6.07 Å². The lowest BCUT2D eigenvalue weighted by atomic mass is 10.1. The van der Waals surface area contributed by atoms with E-state index in [9.17, 15) is 13.2 Å². The van der Waals surface area contributed by atoms with Crippen LogP contribution in [0.4, 0.5) is 18.9 Å². The molecule has 1 unspecified atom stereocenters. The zero-order valence-corrected chi connectivity index (χ0v) is 11.8. The largest absolute Gasteiger partial charge is 0.491 e. The zero-order valence-electron chi connectivity index (χ0n) is 11.8. The van der Waals surface area contributed by atoms with Gasteiger partial charge in [0.05, 0.1) is 6.61 Å². The van der Waals surface area contributed by atoms with Crippen LogP contribution >= 0.6 is 0 Å². The van der Waals surface area contributed by atoms with Crippen LogP contribution < -0.4 is 10.1 Å². The van der Waals surface area contributed by atoms with E-state index >= 15 is 0 Å². The van der Waals surface area contributed by atoms with E-state index in [1.807, 2.05) is 0 Å². The van der Waals surface area contributed by atoms with E-state index in [4.69, 9.17) is 4.74 Å². The second-order valence-corrected chi connectivity index (χ2v) is 4.65. The Morgan fingerprint density at radius 1 is 1.05 bits per heavy atom. The maximum Gasteiger partial charge on any atom is 0.167 e. The summed E-state index contributed by atoms with van der Waals surface area (Å²) in [5, 5.41) is 2.99. The summed E-state index contributed by atoms with van der Waals surface area (Å²) in [6.45, 7) is 3.89. The van der Waals surface area contributed by atoms with Crippen molar-refractivity contribution in [3.05, 3.63) is 59.4 Å². The van der Waals surface area contributed by atoms with Crippen molar-refractivity contribution in [2.45, 2.75) is 19.9 Å². The second-order valence-electron chi connectivity index (χ2n) is 4.65. The number of hydrogen-bond donors (Lipinski definition) is 1. The lowest BCUT2D eigenvalue weighted by Gasteiger charge is -2.16. The molecule has 1 N–H and O–H groups in total. The monoisotopic (exact) mass is 295 g/mol. The normalized spacial score (nSPS) is 12.0. The van der Waals surface area contributed by atoms with Crippen LogP contribution in [0.2, 0.25) is 0 Å². The molecule has 0 aliphatic carbocycles. The number of ether oxygens (including phenoxy) is 1. The first-order valence-corrected chi connectivity index (χ1v) is 6.64. The highest BCUT2D eigenvalue weighted by atomic mass is 19.1. The van der Waals surface area contributed by atoms with Crippen molar-refractivity contribution in [1.82, 2.24) is 0 Å². The maximum atomic E-state index is 13.7. The molecule has 0 aliphatic heterocycles. The van der Waals surface area contributed by atoms with Crippen LogP contribution in [0.15, 0.2) is 36.4 Å². The molecule has 0 saturated heterocycles. The van der Waals surface area contributed by atoms with Crippen LogP contribution in [-0.4, -0.2) is 6.61 Å². The number of rotatable bonds is 5. The Kier molecular flexibility index (Phi) is 4.73. The van der Waals surface area contributed by atoms with Crippen molar-refractivity contribution >= 4 is 5.69 Å². The third-order valence-corrected chi connectivity index (χ3v) is 3.00. The van der Waals surface area contributed by atoms with Crippen LogP contribution in [0, 0.1) is 17.5 Å². The van der Waals surface area contributed by atoms with Gasteiger partial charge in [-0.15, -0.1) is 0 Å². The topological polar surface area (TPSA) is 21.3 Å². The van der Waals surface area contributed by atoms with Gasteiger partial charge in [0.1, 0.15) is 11.6 Å². The molecule has 0 amide bonds. The highest BCUT2D eigenvalue weighted by Gasteiger charge is 2.10. The molecule has 0 fully saturated rings. The highest BCUT2D eigenvalue weighted by molar-refractivity contribution is 5.49. The van der Waals surface area contributed by atoms with Crippen LogP contribution in [0.25, 0.3) is 0 Å². The van der Waals surface area contributed by atoms with Gasteiger partial charge in [-0.25, -0.2) is 13.2 Å². The standard InChI is InChI=1S/C16H16F3NO/c1-3-21-16-5-4-14(9-15(16)19)20-10(2)11-6-12(17)8-13(18)7-11/h4-10,20H,3H2,1-2H3. The molecule has 1 atom stereocenters. The SMILES string of the molecule is CCOc1ccc(NC(C)c2cc(F)cc(F)c2)cc1F. The number of nitrogens with one attached hydrogen (secondary N) is 1. The van der Waals surface area contributed by atoms with Crippen LogP contribution in [0.3, 0.4) is 0 Å². The third kappa shape index (κ3) is 3.90. The Morgan fingerprint density at radius 3 is 2.29 bits per heavy atom. The van der Waals surface area contributed by atoms with Gasteiger partial charge in [-0.05, 0) is 43.7 Å². The number of hydrogen-bond acceptors (Lipinski definition) is 2. The average molecular weight is 295 g/mol. The molecule has 112 valence electrons. The van der Waals surface area contributed by atoms with E-state index in [1.165, 1.54) is 24.3 Å². The first-order valence-electron chi connectivity index (χ1n) is 6.64. The van der Waals surface area contributed by atoms with Gasteiger partial charge in [0.25, 0.3) is 0 Å². The fourth-order valence-electron chi connectivity index (χ4n) is 2.02. The summed E-state index contributed by atoms with van der Waals surface area (Å²) in [6.07, 6.45) is 0. The summed E-state index contributed by atoms with van der Waals surface area (Å²) < 4.78 is 45.2. The van der Waals surface area contributed by atoms with E-state index in [1.54, 1.807) is 19.9 Å². The van der Waals surface area contributed by atoms with Gasteiger partial charge >= 0.3 is 0 Å². The Labute approximate surface area is 121 Å². The Bertz CT molecular complexity index is 611. The average Bonchev–Trinajstić information content (AvgIpc) is 2.41. The van der Waals surface area contributed by atoms with Gasteiger partial charge in [-0.2, -0.15) is 0 Å². The van der Waals surface area contributed by atoms with Crippen molar-refractivity contribution in [3.63, 3.8) is 0 Å². The van der Waals surface area contributed by atoms with Crippen molar-refractivity contribution in [2.24, 2.45) is 0 Å². The zero-order chi connectivity index (χ0) is 15.4. The van der Waals surface area contributed by atoms with Crippen LogP contribution in [-0.2, 0) is 0 Å². The quantitative estimate of drug-likeness (QED) is 0.865. The summed E-state index contributed by atoms with van der Waals surface area (Å²) in [7, 11) is 0. The van der Waals surface area contributed by atoms with Crippen molar-refractivity contribution in [2.75, 3.05) is 11.9 Å². The van der Waals surface area contributed by atoms with E-state index in [-0.39, 0.29) is 11.8 Å². The third-order valence-electron chi connectivity index (χ3n) is 3.00. The molecule has 0 radical (unpaired) electrons. The molecule has 0 heterocycles. The molecule has 0 aromatic heterocycles. The Morgan fingerprint density at radius 2 is 1.71 bits per heavy atom. The summed E-state index contributed by atoms with van der Waals surface area (Å²) >= 11 is 0. The summed E-state index contributed by atoms with van der Waals surface area (Å²) in [5.74, 6) is -1.60. The highest BCUT2D eigenvalue weighted by Crippen LogP contribution is 2.25. The second kappa shape index (κ2) is 6.52. The van der Waals surface area contributed by atoms with E-state index in [2.05, 4.69) is 5.32 Å². The molecule has 21 heavy (non-hydrogen) atoms. The molecule has 2 rings (SSSR count). The first-order chi connectivity index (χ1) is 9.99. The van der Waals surface area contributed by atoms with Gasteiger partial charge in [0.2, 0.25) is 0 Å². The van der Waals surface area contributed by atoms with Gasteiger partial charge in [-0.1, -0.05) is 0 Å². The van der Waals surface area contributed by atoms with Crippen molar-refractivity contribution < 1.29 is 17.9 Å². The van der Waals surface area contributed by atoms with E-state index < -0.39 is 17.5 Å². The van der Waals surface area contributed by atoms with Crippen LogP contribution in [0.1, 0.15) is 25.5 Å². The molecule has 0 bridgehead atoms. The summed E-state index contributed by atoms with van der Waals surface area (Å²) in [6, 6.07) is 7.38. The number of halogens is 3. The predicted molar refractivity (Wildman–Crippen MR) is 76.0 cm³/mol. The smallest absolute Gasteiger partial charge is 0.167 e. The van der Waals surface area contributed by atoms with Gasteiger partial charge in [0, 0.05) is 23.9 Å². The maximum absolute atomic E-state index is 13.7.